The van der Waals surface area contributed by atoms with Crippen LogP contribution >= 0.6 is 0 Å². The number of morpholine rings is 1. The number of nitrogens with zero attached hydrogens (tertiary/aromatic N) is 2. The minimum Gasteiger partial charge on any atom is -0.392 e. The molecule has 1 amide bonds. The Morgan fingerprint density at radius 3 is 2.43 bits per heavy atom. The van der Waals surface area contributed by atoms with Gasteiger partial charge in [-0.3, -0.25) is 14.7 Å². The summed E-state index contributed by atoms with van der Waals surface area (Å²) in [6.45, 7) is 6.68. The molecule has 0 spiro atoms. The van der Waals surface area contributed by atoms with Crippen LogP contribution in [0.4, 0.5) is 0 Å². The molecule has 3 aromatic carbocycles. The molecule has 2 saturated heterocycles. The Hall–Kier alpha value is -3.92. The summed E-state index contributed by atoms with van der Waals surface area (Å²) in [6, 6.07) is 28.0. The topological polar surface area (TPSA) is 93.2 Å². The molecule has 2 N–H and O–H groups in total. The van der Waals surface area contributed by atoms with Crippen LogP contribution in [0.2, 0.25) is 0 Å². The van der Waals surface area contributed by atoms with Gasteiger partial charge in [0.2, 0.25) is 0 Å². The molecule has 2 fully saturated rings. The Kier molecular flexibility index (Phi) is 9.75. The van der Waals surface area contributed by atoms with Crippen molar-refractivity contribution in [3.63, 3.8) is 0 Å². The maximum absolute atomic E-state index is 12.5. The molecule has 6 rings (SSSR count). The summed E-state index contributed by atoms with van der Waals surface area (Å²) < 4.78 is 19.0. The van der Waals surface area contributed by atoms with E-state index in [1.807, 2.05) is 30.3 Å². The Labute approximate surface area is 258 Å². The largest absolute Gasteiger partial charge is 0.392 e. The van der Waals surface area contributed by atoms with Gasteiger partial charge in [0.25, 0.3) is 5.91 Å². The number of amides is 1. The third-order valence-corrected chi connectivity index (χ3v) is 8.46. The first kappa shape index (κ1) is 30.1. The average molecular weight is 594 g/mol. The molecule has 0 aliphatic carbocycles. The third kappa shape index (κ3) is 7.23. The molecule has 0 radical (unpaired) electrons. The van der Waals surface area contributed by atoms with Crippen molar-refractivity contribution in [2.75, 3.05) is 32.8 Å². The van der Waals surface area contributed by atoms with E-state index in [-0.39, 0.29) is 30.6 Å². The number of hydrogen-bond acceptors (Lipinski definition) is 7. The lowest BCUT2D eigenvalue weighted by molar-refractivity contribution is -0.277. The summed E-state index contributed by atoms with van der Waals surface area (Å²) >= 11 is 0. The SMILES string of the molecule is C[C@H]1[C@@H](CN2CCOCC2)O[C@@H](c2cccc(-c3cccc(CNC(=O)c4cccnc4)c3)c2)O[C@H]1c1ccc(CO)cc1. The minimum atomic E-state index is -0.540. The van der Waals surface area contributed by atoms with Crippen molar-refractivity contribution >= 4 is 5.91 Å². The van der Waals surface area contributed by atoms with Crippen molar-refractivity contribution in [2.45, 2.75) is 38.6 Å². The first-order chi connectivity index (χ1) is 21.6. The third-order valence-electron chi connectivity index (χ3n) is 8.46. The Balaban J connectivity index is 1.22. The van der Waals surface area contributed by atoms with Gasteiger partial charge in [0, 0.05) is 50.1 Å². The molecule has 3 heterocycles. The van der Waals surface area contributed by atoms with Crippen LogP contribution in [-0.2, 0) is 27.4 Å². The molecule has 228 valence electrons. The second-order valence-corrected chi connectivity index (χ2v) is 11.5. The van der Waals surface area contributed by atoms with Gasteiger partial charge in [-0.25, -0.2) is 0 Å². The van der Waals surface area contributed by atoms with Crippen LogP contribution in [0.3, 0.4) is 0 Å². The molecule has 8 heteroatoms. The second kappa shape index (κ2) is 14.2. The Morgan fingerprint density at radius 2 is 1.68 bits per heavy atom. The number of aliphatic hydroxyl groups excluding tert-OH is 1. The fourth-order valence-electron chi connectivity index (χ4n) is 5.87. The van der Waals surface area contributed by atoms with Crippen LogP contribution in [0.25, 0.3) is 11.1 Å². The van der Waals surface area contributed by atoms with Crippen LogP contribution in [0.1, 0.15) is 51.9 Å². The van der Waals surface area contributed by atoms with Gasteiger partial charge < -0.3 is 24.6 Å². The lowest BCUT2D eigenvalue weighted by atomic mass is 9.89. The van der Waals surface area contributed by atoms with E-state index in [0.717, 1.165) is 66.2 Å². The molecular formula is C36H39N3O5. The Bertz CT molecular complexity index is 1520. The monoisotopic (exact) mass is 593 g/mol. The fraction of sp³-hybridized carbons (Fsp3) is 0.333. The molecule has 2 aliphatic heterocycles. The van der Waals surface area contributed by atoms with Crippen LogP contribution in [0, 0.1) is 5.92 Å². The number of carbonyl (C=O) groups is 1. The maximum Gasteiger partial charge on any atom is 0.253 e. The van der Waals surface area contributed by atoms with Crippen molar-refractivity contribution < 1.29 is 24.1 Å². The molecule has 8 nitrogen and oxygen atoms in total. The average Bonchev–Trinajstić information content (AvgIpc) is 3.09. The number of aliphatic hydroxyl groups is 1. The number of nitrogens with one attached hydrogen (secondary N) is 1. The summed E-state index contributed by atoms with van der Waals surface area (Å²) in [5, 5.41) is 12.5. The standard InChI is InChI=1S/C36H39N3O5/c1-25-33(23-39-15-17-42-18-16-39)43-36(44-34(25)28-12-10-26(24-40)11-13-28)31-8-3-7-30(20-31)29-6-2-5-27(19-29)21-38-35(41)32-9-4-14-37-22-32/h2-14,19-20,22,25,33-34,36,40H,15-18,21,23-24H2,1H3,(H,38,41)/t25-,33+,34+,36+/m0/s1. The predicted octanol–water partition coefficient (Wildman–Crippen LogP) is 5.29. The molecule has 0 unspecified atom stereocenters. The van der Waals surface area contributed by atoms with Gasteiger partial charge >= 0.3 is 0 Å². The lowest BCUT2D eigenvalue weighted by Crippen LogP contribution is -2.47. The summed E-state index contributed by atoms with van der Waals surface area (Å²) in [6.07, 6.45) is 2.47. The normalized spacial score (nSPS) is 22.4. The molecule has 0 bridgehead atoms. The number of ether oxygens (including phenoxy) is 3. The van der Waals surface area contributed by atoms with Crippen molar-refractivity contribution in [1.82, 2.24) is 15.2 Å². The van der Waals surface area contributed by atoms with Crippen LogP contribution in [0.15, 0.2) is 97.3 Å². The van der Waals surface area contributed by atoms with E-state index in [2.05, 4.69) is 64.6 Å². The summed E-state index contributed by atoms with van der Waals surface area (Å²) in [4.78, 5) is 19.0. The summed E-state index contributed by atoms with van der Waals surface area (Å²) in [7, 11) is 0. The first-order valence-corrected chi connectivity index (χ1v) is 15.3. The first-order valence-electron chi connectivity index (χ1n) is 15.3. The maximum atomic E-state index is 12.5. The van der Waals surface area contributed by atoms with E-state index < -0.39 is 6.29 Å². The highest BCUT2D eigenvalue weighted by molar-refractivity contribution is 5.93. The number of hydrogen-bond donors (Lipinski definition) is 2. The zero-order chi connectivity index (χ0) is 30.3. The highest BCUT2D eigenvalue weighted by Gasteiger charge is 2.39. The zero-order valence-electron chi connectivity index (χ0n) is 25.0. The lowest BCUT2D eigenvalue weighted by Gasteiger charge is -2.43. The van der Waals surface area contributed by atoms with E-state index >= 15 is 0 Å². The molecule has 4 aromatic rings. The number of pyridine rings is 1. The van der Waals surface area contributed by atoms with Gasteiger partial charge in [-0.2, -0.15) is 0 Å². The van der Waals surface area contributed by atoms with Gasteiger partial charge in [0.15, 0.2) is 6.29 Å². The van der Waals surface area contributed by atoms with Gasteiger partial charge in [0.1, 0.15) is 0 Å². The highest BCUT2D eigenvalue weighted by Crippen LogP contribution is 2.42. The van der Waals surface area contributed by atoms with Gasteiger partial charge in [-0.1, -0.05) is 67.6 Å². The highest BCUT2D eigenvalue weighted by atomic mass is 16.7. The van der Waals surface area contributed by atoms with Crippen LogP contribution in [-0.4, -0.2) is 59.8 Å². The van der Waals surface area contributed by atoms with Gasteiger partial charge in [-0.15, -0.1) is 0 Å². The Morgan fingerprint density at radius 1 is 0.909 bits per heavy atom. The molecule has 1 aromatic heterocycles. The van der Waals surface area contributed by atoms with E-state index in [4.69, 9.17) is 14.2 Å². The summed E-state index contributed by atoms with van der Waals surface area (Å²) in [5.74, 6) is -0.0330. The molecule has 2 aliphatic rings. The molecular weight excluding hydrogens is 554 g/mol. The van der Waals surface area contributed by atoms with Crippen molar-refractivity contribution in [3.05, 3.63) is 125 Å². The van der Waals surface area contributed by atoms with E-state index in [9.17, 15) is 9.90 Å². The zero-order valence-corrected chi connectivity index (χ0v) is 25.0. The van der Waals surface area contributed by atoms with E-state index in [1.54, 1.807) is 24.5 Å². The van der Waals surface area contributed by atoms with E-state index in [1.165, 1.54) is 0 Å². The predicted molar refractivity (Wildman–Crippen MR) is 168 cm³/mol. The number of benzene rings is 3. The fourth-order valence-corrected chi connectivity index (χ4v) is 5.87. The summed E-state index contributed by atoms with van der Waals surface area (Å²) in [5.41, 5.74) is 6.53. The van der Waals surface area contributed by atoms with Crippen molar-refractivity contribution in [2.24, 2.45) is 5.92 Å². The van der Waals surface area contributed by atoms with Crippen molar-refractivity contribution in [1.29, 1.82) is 0 Å². The van der Waals surface area contributed by atoms with Crippen LogP contribution in [0.5, 0.6) is 0 Å². The number of aromatic nitrogens is 1. The molecule has 4 atom stereocenters. The minimum absolute atomic E-state index is 0.0115. The number of carbonyl (C=O) groups excluding carboxylic acids is 1. The molecule has 44 heavy (non-hydrogen) atoms. The molecule has 0 saturated carbocycles. The number of rotatable bonds is 9. The second-order valence-electron chi connectivity index (χ2n) is 11.5. The smallest absolute Gasteiger partial charge is 0.253 e. The van der Waals surface area contributed by atoms with Gasteiger partial charge in [0.05, 0.1) is 37.6 Å². The van der Waals surface area contributed by atoms with E-state index in [0.29, 0.717) is 12.1 Å². The van der Waals surface area contributed by atoms with Gasteiger partial charge in [-0.05, 0) is 52.1 Å². The quantitative estimate of drug-likeness (QED) is 0.272. The van der Waals surface area contributed by atoms with Crippen molar-refractivity contribution in [3.8, 4) is 11.1 Å². The van der Waals surface area contributed by atoms with Crippen LogP contribution < -0.4 is 5.32 Å².